The topological polar surface area (TPSA) is 41.9 Å². The van der Waals surface area contributed by atoms with Gasteiger partial charge in [0.05, 0.1) is 0 Å². The minimum Gasteiger partial charge on any atom is -0.402 e. The number of carbonyl (C=O) groups excluding carboxylic acids is 1. The second-order valence-electron chi connectivity index (χ2n) is 5.61. The summed E-state index contributed by atoms with van der Waals surface area (Å²) in [6, 6.07) is 15.8. The molecule has 1 aliphatic rings. The van der Waals surface area contributed by atoms with Crippen LogP contribution in [0.25, 0.3) is 6.08 Å². The maximum absolute atomic E-state index is 12.1. The number of anilines is 1. The third-order valence-corrected chi connectivity index (χ3v) is 4.76. The van der Waals surface area contributed by atoms with Crippen LogP contribution in [0.3, 0.4) is 0 Å². The minimum absolute atomic E-state index is 0.323. The Kier molecular flexibility index (Phi) is 5.53. The average molecular weight is 446 g/mol. The van der Waals surface area contributed by atoms with E-state index in [1.54, 1.807) is 6.08 Å². The molecule has 0 saturated heterocycles. The second kappa shape index (κ2) is 7.82. The van der Waals surface area contributed by atoms with E-state index in [9.17, 15) is 4.79 Å². The van der Waals surface area contributed by atoms with Crippen LogP contribution in [0.15, 0.2) is 59.2 Å². The summed E-state index contributed by atoms with van der Waals surface area (Å²) in [5.74, 6) is -0.0613. The predicted octanol–water partition coefficient (Wildman–Crippen LogP) is 4.48. The van der Waals surface area contributed by atoms with E-state index in [2.05, 4.69) is 58.5 Å². The molecule has 0 atom stereocenters. The average Bonchev–Trinajstić information content (AvgIpc) is 2.99. The molecule has 0 spiro atoms. The first kappa shape index (κ1) is 17.7. The molecule has 25 heavy (non-hydrogen) atoms. The smallest absolute Gasteiger partial charge is 0.363 e. The Labute approximate surface area is 161 Å². The lowest BCUT2D eigenvalue weighted by Crippen LogP contribution is -2.21. The van der Waals surface area contributed by atoms with Crippen molar-refractivity contribution in [3.05, 3.63) is 68.9 Å². The quantitative estimate of drug-likeness (QED) is 0.387. The van der Waals surface area contributed by atoms with Crippen LogP contribution in [0.2, 0.25) is 0 Å². The van der Waals surface area contributed by atoms with Gasteiger partial charge in [-0.2, -0.15) is 0 Å². The number of hydrogen-bond donors (Lipinski definition) is 0. The molecule has 0 N–H and O–H groups in total. The Balaban J connectivity index is 1.83. The Morgan fingerprint density at radius 1 is 1.04 bits per heavy atom. The molecule has 0 saturated carbocycles. The molecule has 4 nitrogen and oxygen atoms in total. The van der Waals surface area contributed by atoms with Gasteiger partial charge in [0, 0.05) is 27.9 Å². The van der Waals surface area contributed by atoms with Crippen LogP contribution in [-0.4, -0.2) is 25.0 Å². The van der Waals surface area contributed by atoms with Gasteiger partial charge in [-0.1, -0.05) is 12.1 Å². The highest BCUT2D eigenvalue weighted by Gasteiger charge is 2.24. The molecule has 3 rings (SSSR count). The maximum Gasteiger partial charge on any atom is 0.363 e. The molecular formula is C20H19IN2O2. The number of nitrogens with zero attached hydrogens (tertiary/aromatic N) is 2. The van der Waals surface area contributed by atoms with Crippen LogP contribution in [0, 0.1) is 3.57 Å². The summed E-state index contributed by atoms with van der Waals surface area (Å²) in [6.45, 7) is 6.20. The number of rotatable bonds is 5. The van der Waals surface area contributed by atoms with Gasteiger partial charge in [-0.25, -0.2) is 9.79 Å². The highest BCUT2D eigenvalue weighted by atomic mass is 127. The number of ether oxygens (including phenoxy) is 1. The molecule has 0 radical (unpaired) electrons. The molecular weight excluding hydrogens is 427 g/mol. The van der Waals surface area contributed by atoms with E-state index in [1.807, 2.05) is 36.4 Å². The van der Waals surface area contributed by atoms with Crippen LogP contribution >= 0.6 is 22.6 Å². The SMILES string of the molecule is CCN(CC)c1ccc(/C=C2/N=C(c3ccc(I)cc3)OC2=O)cc1. The summed E-state index contributed by atoms with van der Waals surface area (Å²) >= 11 is 2.23. The summed E-state index contributed by atoms with van der Waals surface area (Å²) in [7, 11) is 0. The predicted molar refractivity (Wildman–Crippen MR) is 110 cm³/mol. The van der Waals surface area contributed by atoms with E-state index in [-0.39, 0.29) is 0 Å². The van der Waals surface area contributed by atoms with Gasteiger partial charge in [0.1, 0.15) is 0 Å². The van der Waals surface area contributed by atoms with E-state index >= 15 is 0 Å². The minimum atomic E-state index is -0.415. The van der Waals surface area contributed by atoms with Crippen molar-refractivity contribution in [3.8, 4) is 0 Å². The number of halogens is 1. The lowest BCUT2D eigenvalue weighted by molar-refractivity contribution is -0.129. The van der Waals surface area contributed by atoms with Crippen LogP contribution in [0.4, 0.5) is 5.69 Å². The Bertz CT molecular complexity index is 820. The van der Waals surface area contributed by atoms with Crippen molar-refractivity contribution >= 4 is 46.2 Å². The fraction of sp³-hybridized carbons (Fsp3) is 0.200. The van der Waals surface area contributed by atoms with Crippen molar-refractivity contribution in [2.24, 2.45) is 4.99 Å². The molecule has 1 aliphatic heterocycles. The van der Waals surface area contributed by atoms with Crippen LogP contribution in [-0.2, 0) is 9.53 Å². The Hall–Kier alpha value is -2.15. The molecule has 1 heterocycles. The Morgan fingerprint density at radius 2 is 1.68 bits per heavy atom. The molecule has 2 aromatic carbocycles. The van der Waals surface area contributed by atoms with Gasteiger partial charge in [0.25, 0.3) is 0 Å². The van der Waals surface area contributed by atoms with Crippen molar-refractivity contribution in [1.82, 2.24) is 0 Å². The number of esters is 1. The highest BCUT2D eigenvalue weighted by Crippen LogP contribution is 2.21. The molecule has 0 bridgehead atoms. The highest BCUT2D eigenvalue weighted by molar-refractivity contribution is 14.1. The Morgan fingerprint density at radius 3 is 2.28 bits per heavy atom. The lowest BCUT2D eigenvalue weighted by Gasteiger charge is -2.20. The third-order valence-electron chi connectivity index (χ3n) is 4.04. The fourth-order valence-electron chi connectivity index (χ4n) is 2.65. The summed E-state index contributed by atoms with van der Waals surface area (Å²) < 4.78 is 6.42. The first-order valence-electron chi connectivity index (χ1n) is 8.24. The monoisotopic (exact) mass is 446 g/mol. The normalized spacial score (nSPS) is 15.2. The number of benzene rings is 2. The van der Waals surface area contributed by atoms with E-state index in [4.69, 9.17) is 4.74 Å². The van der Waals surface area contributed by atoms with Crippen molar-refractivity contribution in [3.63, 3.8) is 0 Å². The van der Waals surface area contributed by atoms with Crippen molar-refractivity contribution in [1.29, 1.82) is 0 Å². The molecule has 0 fully saturated rings. The second-order valence-corrected chi connectivity index (χ2v) is 6.85. The zero-order chi connectivity index (χ0) is 17.8. The standard InChI is InChI=1S/C20H19IN2O2/c1-3-23(4-2)17-11-5-14(6-12-17)13-18-20(24)25-19(22-18)15-7-9-16(21)10-8-15/h5-13H,3-4H2,1-2H3/b18-13+. The number of cyclic esters (lactones) is 1. The van der Waals surface area contributed by atoms with E-state index < -0.39 is 5.97 Å². The van der Waals surface area contributed by atoms with Crippen LogP contribution in [0.1, 0.15) is 25.0 Å². The van der Waals surface area contributed by atoms with Gasteiger partial charge in [-0.3, -0.25) is 0 Å². The molecule has 0 amide bonds. The van der Waals surface area contributed by atoms with Crippen molar-refractivity contribution in [2.75, 3.05) is 18.0 Å². The molecule has 128 valence electrons. The maximum atomic E-state index is 12.1. The molecule has 0 aliphatic carbocycles. The number of carbonyl (C=O) groups is 1. The molecule has 5 heteroatoms. The fourth-order valence-corrected chi connectivity index (χ4v) is 3.01. The van der Waals surface area contributed by atoms with Gasteiger partial charge >= 0.3 is 5.97 Å². The van der Waals surface area contributed by atoms with E-state index in [0.717, 1.165) is 27.8 Å². The van der Waals surface area contributed by atoms with Crippen LogP contribution in [0.5, 0.6) is 0 Å². The lowest BCUT2D eigenvalue weighted by atomic mass is 10.1. The zero-order valence-corrected chi connectivity index (χ0v) is 16.4. The van der Waals surface area contributed by atoms with Gasteiger partial charge in [-0.15, -0.1) is 0 Å². The van der Waals surface area contributed by atoms with Crippen molar-refractivity contribution in [2.45, 2.75) is 13.8 Å². The largest absolute Gasteiger partial charge is 0.402 e. The summed E-state index contributed by atoms with van der Waals surface area (Å²) in [5.41, 5.74) is 3.22. The van der Waals surface area contributed by atoms with Gasteiger partial charge in [-0.05, 0) is 84.5 Å². The van der Waals surface area contributed by atoms with E-state index in [0.29, 0.717) is 11.6 Å². The molecule has 2 aromatic rings. The van der Waals surface area contributed by atoms with Gasteiger partial charge < -0.3 is 9.64 Å². The number of hydrogen-bond acceptors (Lipinski definition) is 4. The van der Waals surface area contributed by atoms with Gasteiger partial charge in [0.15, 0.2) is 5.70 Å². The summed E-state index contributed by atoms with van der Waals surface area (Å²) in [4.78, 5) is 18.7. The van der Waals surface area contributed by atoms with Gasteiger partial charge in [0.2, 0.25) is 5.90 Å². The summed E-state index contributed by atoms with van der Waals surface area (Å²) in [6.07, 6.45) is 1.76. The van der Waals surface area contributed by atoms with Crippen molar-refractivity contribution < 1.29 is 9.53 Å². The first-order chi connectivity index (χ1) is 12.1. The van der Waals surface area contributed by atoms with E-state index in [1.165, 1.54) is 5.69 Å². The zero-order valence-electron chi connectivity index (χ0n) is 14.2. The number of aliphatic imine (C=N–C) groups is 1. The first-order valence-corrected chi connectivity index (χ1v) is 9.32. The third kappa shape index (κ3) is 4.10. The van der Waals surface area contributed by atoms with Crippen LogP contribution < -0.4 is 4.90 Å². The molecule has 0 unspecified atom stereocenters. The summed E-state index contributed by atoms with van der Waals surface area (Å²) in [5, 5.41) is 0. The molecule has 0 aromatic heterocycles.